The van der Waals surface area contributed by atoms with E-state index in [4.69, 9.17) is 0 Å². The van der Waals surface area contributed by atoms with E-state index in [0.29, 0.717) is 23.3 Å². The van der Waals surface area contributed by atoms with Gasteiger partial charge in [-0.25, -0.2) is 13.1 Å². The van der Waals surface area contributed by atoms with E-state index in [9.17, 15) is 8.42 Å². The van der Waals surface area contributed by atoms with Gasteiger partial charge < -0.3 is 5.32 Å². The van der Waals surface area contributed by atoms with Crippen LogP contribution in [0.3, 0.4) is 0 Å². The van der Waals surface area contributed by atoms with Crippen LogP contribution in [0.15, 0.2) is 10.3 Å². The van der Waals surface area contributed by atoms with Crippen LogP contribution in [0, 0.1) is 18.8 Å². The molecule has 0 spiro atoms. The van der Waals surface area contributed by atoms with Gasteiger partial charge in [-0.1, -0.05) is 13.8 Å². The van der Waals surface area contributed by atoms with Crippen molar-refractivity contribution in [1.29, 1.82) is 0 Å². The van der Waals surface area contributed by atoms with Gasteiger partial charge in [-0.3, -0.25) is 0 Å². The Kier molecular flexibility index (Phi) is 5.46. The molecule has 120 valence electrons. The SMILES string of the molecule is CNCc1scc(C)c1S(=O)(=O)NC1CCC(C)CC1C. The van der Waals surface area contributed by atoms with Gasteiger partial charge in [0.15, 0.2) is 0 Å². The predicted octanol–water partition coefficient (Wildman–Crippen LogP) is 2.88. The first-order valence-corrected chi connectivity index (χ1v) is 9.95. The van der Waals surface area contributed by atoms with Crippen molar-refractivity contribution in [2.75, 3.05) is 7.05 Å². The molecule has 1 heterocycles. The van der Waals surface area contributed by atoms with Gasteiger partial charge in [-0.05, 0) is 56.0 Å². The quantitative estimate of drug-likeness (QED) is 0.873. The zero-order chi connectivity index (χ0) is 15.6. The summed E-state index contributed by atoms with van der Waals surface area (Å²) >= 11 is 1.51. The van der Waals surface area contributed by atoms with Crippen molar-refractivity contribution < 1.29 is 8.42 Å². The standard InChI is InChI=1S/C15H26N2O2S2/c1-10-5-6-13(11(2)7-10)17-21(18,19)15-12(3)9-20-14(15)8-16-4/h9-11,13,16-17H,5-8H2,1-4H3. The van der Waals surface area contributed by atoms with Gasteiger partial charge in [0.25, 0.3) is 0 Å². The Morgan fingerprint density at radius 3 is 2.67 bits per heavy atom. The van der Waals surface area contributed by atoms with Crippen LogP contribution in [0.25, 0.3) is 0 Å². The number of hydrogen-bond donors (Lipinski definition) is 2. The molecule has 1 aromatic heterocycles. The Labute approximate surface area is 132 Å². The lowest BCUT2D eigenvalue weighted by Crippen LogP contribution is -2.42. The molecule has 3 unspecified atom stereocenters. The van der Waals surface area contributed by atoms with E-state index in [1.54, 1.807) is 0 Å². The first kappa shape index (κ1) is 16.9. The Hall–Kier alpha value is -0.430. The summed E-state index contributed by atoms with van der Waals surface area (Å²) < 4.78 is 28.5. The minimum atomic E-state index is -3.43. The molecule has 0 radical (unpaired) electrons. The minimum Gasteiger partial charge on any atom is -0.315 e. The fourth-order valence-electron chi connectivity index (χ4n) is 3.23. The number of hydrogen-bond acceptors (Lipinski definition) is 4. The summed E-state index contributed by atoms with van der Waals surface area (Å²) in [7, 11) is -1.59. The molecule has 0 bridgehead atoms. The third kappa shape index (κ3) is 3.86. The van der Waals surface area contributed by atoms with Crippen molar-refractivity contribution in [3.63, 3.8) is 0 Å². The van der Waals surface area contributed by atoms with Crippen LogP contribution in [-0.2, 0) is 16.6 Å². The molecule has 1 fully saturated rings. The minimum absolute atomic E-state index is 0.0629. The lowest BCUT2D eigenvalue weighted by Gasteiger charge is -2.33. The smallest absolute Gasteiger partial charge is 0.242 e. The molecular formula is C15H26N2O2S2. The topological polar surface area (TPSA) is 58.2 Å². The maximum atomic E-state index is 12.8. The van der Waals surface area contributed by atoms with E-state index in [1.807, 2.05) is 19.4 Å². The molecule has 6 heteroatoms. The third-order valence-electron chi connectivity index (χ3n) is 4.33. The van der Waals surface area contributed by atoms with Crippen LogP contribution < -0.4 is 10.0 Å². The molecule has 2 rings (SSSR count). The highest BCUT2D eigenvalue weighted by Gasteiger charge is 2.31. The van der Waals surface area contributed by atoms with E-state index < -0.39 is 10.0 Å². The van der Waals surface area contributed by atoms with Crippen molar-refractivity contribution in [2.24, 2.45) is 11.8 Å². The van der Waals surface area contributed by atoms with Crippen LogP contribution in [-0.4, -0.2) is 21.5 Å². The zero-order valence-electron chi connectivity index (χ0n) is 13.3. The average molecular weight is 331 g/mol. The Morgan fingerprint density at radius 1 is 1.33 bits per heavy atom. The van der Waals surface area contributed by atoms with Crippen LogP contribution >= 0.6 is 11.3 Å². The van der Waals surface area contributed by atoms with Crippen LogP contribution in [0.5, 0.6) is 0 Å². The van der Waals surface area contributed by atoms with E-state index in [2.05, 4.69) is 23.9 Å². The van der Waals surface area contributed by atoms with Crippen LogP contribution in [0.2, 0.25) is 0 Å². The molecular weight excluding hydrogens is 304 g/mol. The maximum absolute atomic E-state index is 12.8. The number of sulfonamides is 1. The van der Waals surface area contributed by atoms with Gasteiger partial charge >= 0.3 is 0 Å². The molecule has 1 saturated carbocycles. The fourth-order valence-corrected chi connectivity index (χ4v) is 6.43. The normalized spacial score (nSPS) is 27.0. The largest absolute Gasteiger partial charge is 0.315 e. The second kappa shape index (κ2) is 6.77. The van der Waals surface area contributed by atoms with Crippen molar-refractivity contribution in [1.82, 2.24) is 10.0 Å². The monoisotopic (exact) mass is 330 g/mol. The summed E-state index contributed by atoms with van der Waals surface area (Å²) in [5, 5.41) is 4.97. The molecule has 0 saturated heterocycles. The van der Waals surface area contributed by atoms with E-state index in [0.717, 1.165) is 29.7 Å². The number of rotatable bonds is 5. The summed E-state index contributed by atoms with van der Waals surface area (Å²) in [6.45, 7) is 6.86. The molecule has 0 aliphatic heterocycles. The highest BCUT2D eigenvalue weighted by Crippen LogP contribution is 2.31. The summed E-state index contributed by atoms with van der Waals surface area (Å²) in [5.74, 6) is 1.10. The average Bonchev–Trinajstić information content (AvgIpc) is 2.75. The lowest BCUT2D eigenvalue weighted by molar-refractivity contribution is 0.249. The van der Waals surface area contributed by atoms with Gasteiger partial charge in [0.05, 0.1) is 0 Å². The van der Waals surface area contributed by atoms with Crippen molar-refractivity contribution in [3.05, 3.63) is 15.8 Å². The van der Waals surface area contributed by atoms with Gasteiger partial charge in [0.1, 0.15) is 4.90 Å². The second-order valence-corrected chi connectivity index (χ2v) is 8.94. The highest BCUT2D eigenvalue weighted by molar-refractivity contribution is 7.89. The van der Waals surface area contributed by atoms with E-state index >= 15 is 0 Å². The summed E-state index contributed by atoms with van der Waals surface area (Å²) in [5.41, 5.74) is 0.842. The van der Waals surface area contributed by atoms with Crippen molar-refractivity contribution in [2.45, 2.75) is 57.5 Å². The van der Waals surface area contributed by atoms with Crippen LogP contribution in [0.1, 0.15) is 43.6 Å². The summed E-state index contributed by atoms with van der Waals surface area (Å²) in [6.07, 6.45) is 3.13. The first-order valence-electron chi connectivity index (χ1n) is 7.59. The molecule has 0 amide bonds. The molecule has 3 atom stereocenters. The number of aryl methyl sites for hydroxylation is 1. The van der Waals surface area contributed by atoms with Gasteiger partial charge in [0, 0.05) is 17.5 Å². The lowest BCUT2D eigenvalue weighted by atomic mass is 9.80. The fraction of sp³-hybridized carbons (Fsp3) is 0.733. The first-order chi connectivity index (χ1) is 9.85. The molecule has 21 heavy (non-hydrogen) atoms. The molecule has 1 aliphatic rings. The Morgan fingerprint density at radius 2 is 2.05 bits per heavy atom. The summed E-state index contributed by atoms with van der Waals surface area (Å²) in [4.78, 5) is 1.37. The molecule has 0 aromatic carbocycles. The Balaban J connectivity index is 2.21. The maximum Gasteiger partial charge on any atom is 0.242 e. The van der Waals surface area contributed by atoms with Gasteiger partial charge in [-0.2, -0.15) is 0 Å². The van der Waals surface area contributed by atoms with Gasteiger partial charge in [0.2, 0.25) is 10.0 Å². The zero-order valence-corrected chi connectivity index (χ0v) is 14.9. The predicted molar refractivity (Wildman–Crippen MR) is 88.1 cm³/mol. The molecule has 1 aromatic rings. The van der Waals surface area contributed by atoms with E-state index in [-0.39, 0.29) is 6.04 Å². The summed E-state index contributed by atoms with van der Waals surface area (Å²) in [6, 6.07) is 0.0629. The van der Waals surface area contributed by atoms with Crippen LogP contribution in [0.4, 0.5) is 0 Å². The third-order valence-corrected chi connectivity index (χ3v) is 7.29. The van der Waals surface area contributed by atoms with Gasteiger partial charge in [-0.15, -0.1) is 11.3 Å². The number of nitrogens with one attached hydrogen (secondary N) is 2. The number of thiophene rings is 1. The second-order valence-electron chi connectivity index (χ2n) is 6.32. The highest BCUT2D eigenvalue weighted by atomic mass is 32.2. The van der Waals surface area contributed by atoms with E-state index in [1.165, 1.54) is 11.3 Å². The van der Waals surface area contributed by atoms with Crippen molar-refractivity contribution >= 4 is 21.4 Å². The van der Waals surface area contributed by atoms with Crippen molar-refractivity contribution in [3.8, 4) is 0 Å². The molecule has 1 aliphatic carbocycles. The Bertz CT molecular complexity index is 580. The molecule has 4 nitrogen and oxygen atoms in total. The molecule has 2 N–H and O–H groups in total.